The van der Waals surface area contributed by atoms with E-state index in [2.05, 4.69) is 5.43 Å². The lowest BCUT2D eigenvalue weighted by Crippen LogP contribution is -2.44. The molecule has 1 rings (SSSR count). The third-order valence-corrected chi connectivity index (χ3v) is 4.31. The third-order valence-electron chi connectivity index (χ3n) is 2.67. The summed E-state index contributed by atoms with van der Waals surface area (Å²) in [5.74, 6) is 0. The van der Waals surface area contributed by atoms with Crippen LogP contribution in [0.2, 0.25) is 0 Å². The molecule has 0 spiro atoms. The van der Waals surface area contributed by atoms with Gasteiger partial charge in [-0.15, -0.1) is 0 Å². The molecular weight excluding hydrogens is 200 g/mol. The van der Waals surface area contributed by atoms with Gasteiger partial charge in [0.1, 0.15) is 9.84 Å². The fourth-order valence-electron chi connectivity index (χ4n) is 2.02. The number of hydrazine groups is 1. The van der Waals surface area contributed by atoms with Crippen molar-refractivity contribution in [2.45, 2.75) is 37.0 Å². The normalized spacial score (nSPS) is 29.4. The van der Waals surface area contributed by atoms with Gasteiger partial charge in [-0.25, -0.2) is 8.42 Å². The van der Waals surface area contributed by atoms with Crippen LogP contribution in [0.5, 0.6) is 0 Å². The number of hydrogen-bond acceptors (Lipinski definition) is 4. The minimum atomic E-state index is -2.85. The summed E-state index contributed by atoms with van der Waals surface area (Å²) in [7, 11) is 1.02. The Bertz CT molecular complexity index is 275. The molecule has 0 aliphatic heterocycles. The van der Waals surface area contributed by atoms with Crippen molar-refractivity contribution >= 4 is 9.84 Å². The molecule has 0 radical (unpaired) electrons. The Morgan fingerprint density at radius 1 is 1.29 bits per heavy atom. The second-order valence-electron chi connectivity index (χ2n) is 4.34. The van der Waals surface area contributed by atoms with Crippen molar-refractivity contribution in [1.82, 2.24) is 10.4 Å². The van der Waals surface area contributed by atoms with Crippen LogP contribution in [0.4, 0.5) is 0 Å². The molecule has 84 valence electrons. The third kappa shape index (κ3) is 3.55. The summed E-state index contributed by atoms with van der Waals surface area (Å²) in [4.78, 5) is 0. The predicted molar refractivity (Wildman–Crippen MR) is 57.7 cm³/mol. The van der Waals surface area contributed by atoms with Crippen molar-refractivity contribution in [3.8, 4) is 0 Å². The summed E-state index contributed by atoms with van der Waals surface area (Å²) in [5, 5.41) is 1.75. The van der Waals surface area contributed by atoms with E-state index in [1.807, 2.05) is 19.1 Å². The number of rotatable bonds is 3. The van der Waals surface area contributed by atoms with Gasteiger partial charge in [-0.1, -0.05) is 6.42 Å². The molecule has 14 heavy (non-hydrogen) atoms. The van der Waals surface area contributed by atoms with E-state index >= 15 is 0 Å². The first-order valence-electron chi connectivity index (χ1n) is 5.02. The number of nitrogens with zero attached hydrogens (tertiary/aromatic N) is 1. The lowest BCUT2D eigenvalue weighted by Gasteiger charge is -2.30. The van der Waals surface area contributed by atoms with Crippen LogP contribution >= 0.6 is 0 Å². The minimum absolute atomic E-state index is 0.145. The summed E-state index contributed by atoms with van der Waals surface area (Å²) < 4.78 is 22.8. The quantitative estimate of drug-likeness (QED) is 0.700. The lowest BCUT2D eigenvalue weighted by atomic mass is 9.95. The molecule has 0 bridgehead atoms. The first-order chi connectivity index (χ1) is 6.39. The van der Waals surface area contributed by atoms with Crippen LogP contribution in [0.25, 0.3) is 0 Å². The van der Waals surface area contributed by atoms with E-state index in [0.717, 1.165) is 25.7 Å². The Morgan fingerprint density at radius 2 is 1.93 bits per heavy atom. The van der Waals surface area contributed by atoms with E-state index in [-0.39, 0.29) is 5.25 Å². The molecule has 1 fully saturated rings. The van der Waals surface area contributed by atoms with Gasteiger partial charge in [-0.3, -0.25) is 10.4 Å². The summed E-state index contributed by atoms with van der Waals surface area (Å²) in [6, 6.07) is 0.318. The molecule has 2 atom stereocenters. The Kier molecular flexibility index (Phi) is 3.92. The largest absolute Gasteiger partial charge is 0.253 e. The van der Waals surface area contributed by atoms with Crippen LogP contribution in [0.3, 0.4) is 0 Å². The van der Waals surface area contributed by atoms with E-state index in [1.165, 1.54) is 6.26 Å². The van der Waals surface area contributed by atoms with E-state index in [9.17, 15) is 8.42 Å². The van der Waals surface area contributed by atoms with Crippen molar-refractivity contribution in [1.29, 1.82) is 0 Å². The maximum Gasteiger partial charge on any atom is 0.150 e. The topological polar surface area (TPSA) is 49.4 Å². The minimum Gasteiger partial charge on any atom is -0.253 e. The molecule has 1 aliphatic rings. The van der Waals surface area contributed by atoms with Crippen LogP contribution in [-0.2, 0) is 9.84 Å². The SMILES string of the molecule is CN(C)NC1CCCC(S(C)(=O)=O)C1. The van der Waals surface area contributed by atoms with E-state index < -0.39 is 9.84 Å². The number of sulfone groups is 1. The fraction of sp³-hybridized carbons (Fsp3) is 1.00. The molecule has 4 nitrogen and oxygen atoms in total. The molecule has 0 aromatic carbocycles. The summed E-state index contributed by atoms with van der Waals surface area (Å²) in [5.41, 5.74) is 3.25. The molecule has 0 saturated heterocycles. The van der Waals surface area contributed by atoms with Crippen molar-refractivity contribution in [2.75, 3.05) is 20.4 Å². The molecule has 2 unspecified atom stereocenters. The zero-order valence-corrected chi connectivity index (χ0v) is 9.97. The lowest BCUT2D eigenvalue weighted by molar-refractivity contribution is 0.208. The van der Waals surface area contributed by atoms with Crippen molar-refractivity contribution in [2.24, 2.45) is 0 Å². The maximum absolute atomic E-state index is 11.4. The van der Waals surface area contributed by atoms with Gasteiger partial charge < -0.3 is 0 Å². The van der Waals surface area contributed by atoms with Crippen LogP contribution in [0.15, 0.2) is 0 Å². The van der Waals surface area contributed by atoms with Gasteiger partial charge in [-0.2, -0.15) is 0 Å². The molecular formula is C9H20N2O2S. The summed E-state index contributed by atoms with van der Waals surface area (Å²) >= 11 is 0. The van der Waals surface area contributed by atoms with Crippen molar-refractivity contribution in [3.63, 3.8) is 0 Å². The molecule has 1 aliphatic carbocycles. The highest BCUT2D eigenvalue weighted by molar-refractivity contribution is 7.91. The second-order valence-corrected chi connectivity index (χ2v) is 6.66. The number of hydrogen-bond donors (Lipinski definition) is 1. The highest BCUT2D eigenvalue weighted by Crippen LogP contribution is 2.23. The molecule has 0 amide bonds. The van der Waals surface area contributed by atoms with Gasteiger partial charge in [0.2, 0.25) is 0 Å². The van der Waals surface area contributed by atoms with Gasteiger partial charge in [0, 0.05) is 26.4 Å². The fourth-order valence-corrected chi connectivity index (χ4v) is 3.19. The van der Waals surface area contributed by atoms with Crippen LogP contribution in [0, 0.1) is 0 Å². The maximum atomic E-state index is 11.4. The van der Waals surface area contributed by atoms with E-state index in [1.54, 1.807) is 0 Å². The highest BCUT2D eigenvalue weighted by atomic mass is 32.2. The average molecular weight is 220 g/mol. The van der Waals surface area contributed by atoms with E-state index in [4.69, 9.17) is 0 Å². The first-order valence-corrected chi connectivity index (χ1v) is 6.97. The molecule has 5 heteroatoms. The van der Waals surface area contributed by atoms with Crippen LogP contribution in [0.1, 0.15) is 25.7 Å². The molecule has 0 aromatic rings. The van der Waals surface area contributed by atoms with Gasteiger partial charge in [0.25, 0.3) is 0 Å². The van der Waals surface area contributed by atoms with Crippen LogP contribution < -0.4 is 5.43 Å². The van der Waals surface area contributed by atoms with Gasteiger partial charge in [0.05, 0.1) is 5.25 Å². The van der Waals surface area contributed by atoms with Gasteiger partial charge in [-0.05, 0) is 19.3 Å². The zero-order chi connectivity index (χ0) is 10.8. The van der Waals surface area contributed by atoms with Crippen molar-refractivity contribution < 1.29 is 8.42 Å². The highest BCUT2D eigenvalue weighted by Gasteiger charge is 2.28. The molecule has 1 saturated carbocycles. The Hall–Kier alpha value is -0.130. The Labute approximate surface area is 86.6 Å². The molecule has 0 heterocycles. The smallest absolute Gasteiger partial charge is 0.150 e. The average Bonchev–Trinajstić information content (AvgIpc) is 2.01. The summed E-state index contributed by atoms with van der Waals surface area (Å²) in [6.07, 6.45) is 4.99. The predicted octanol–water partition coefficient (Wildman–Crippen LogP) is 0.408. The van der Waals surface area contributed by atoms with E-state index in [0.29, 0.717) is 6.04 Å². The first kappa shape index (κ1) is 11.9. The second kappa shape index (κ2) is 4.59. The standard InChI is InChI=1S/C9H20N2O2S/c1-11(2)10-8-5-4-6-9(7-8)14(3,12)13/h8-10H,4-7H2,1-3H3. The Balaban J connectivity index is 2.52. The summed E-state index contributed by atoms with van der Waals surface area (Å²) in [6.45, 7) is 0. The molecule has 1 N–H and O–H groups in total. The van der Waals surface area contributed by atoms with Gasteiger partial charge >= 0.3 is 0 Å². The number of nitrogens with one attached hydrogen (secondary N) is 1. The Morgan fingerprint density at radius 3 is 2.43 bits per heavy atom. The zero-order valence-electron chi connectivity index (χ0n) is 9.16. The van der Waals surface area contributed by atoms with Crippen molar-refractivity contribution in [3.05, 3.63) is 0 Å². The molecule has 0 aromatic heterocycles. The van der Waals surface area contributed by atoms with Gasteiger partial charge in [0.15, 0.2) is 0 Å². The van der Waals surface area contributed by atoms with Crippen LogP contribution in [-0.4, -0.2) is 45.1 Å². The monoisotopic (exact) mass is 220 g/mol.